The summed E-state index contributed by atoms with van der Waals surface area (Å²) >= 11 is 0. The van der Waals surface area contributed by atoms with Crippen LogP contribution in [0.2, 0.25) is 0 Å². The van der Waals surface area contributed by atoms with E-state index in [1.807, 2.05) is 4.90 Å². The zero-order chi connectivity index (χ0) is 9.42. The van der Waals surface area contributed by atoms with E-state index < -0.39 is 5.97 Å². The third-order valence-electron chi connectivity index (χ3n) is 3.34. The summed E-state index contributed by atoms with van der Waals surface area (Å²) in [5.41, 5.74) is 0. The Kier molecular flexibility index (Phi) is 2.24. The number of hydrogen-bond acceptors (Lipinski definition) is 2. The number of halogens is 1. The molecule has 0 aliphatic carbocycles. The van der Waals surface area contributed by atoms with Crippen LogP contribution in [0.4, 0.5) is 4.39 Å². The van der Waals surface area contributed by atoms with Gasteiger partial charge in [-0.3, -0.25) is 9.69 Å². The van der Waals surface area contributed by atoms with Gasteiger partial charge in [0.1, 0.15) is 6.67 Å². The second kappa shape index (κ2) is 3.25. The first kappa shape index (κ1) is 8.94. The van der Waals surface area contributed by atoms with Gasteiger partial charge in [0.2, 0.25) is 0 Å². The van der Waals surface area contributed by atoms with Crippen LogP contribution < -0.4 is 0 Å². The second-order valence-corrected chi connectivity index (χ2v) is 3.91. The Morgan fingerprint density at radius 3 is 2.85 bits per heavy atom. The molecule has 4 heteroatoms. The lowest BCUT2D eigenvalue weighted by Crippen LogP contribution is -2.34. The number of fused-ring (bicyclic) bond motifs is 2. The van der Waals surface area contributed by atoms with Gasteiger partial charge in [-0.15, -0.1) is 0 Å². The summed E-state index contributed by atoms with van der Waals surface area (Å²) in [5, 5.41) is 8.90. The summed E-state index contributed by atoms with van der Waals surface area (Å²) in [6.07, 6.45) is 2.70. The average Bonchev–Trinajstić information content (AvgIpc) is 2.63. The molecule has 0 amide bonds. The zero-order valence-corrected chi connectivity index (χ0v) is 7.45. The van der Waals surface area contributed by atoms with Crippen LogP contribution in [0.1, 0.15) is 19.3 Å². The van der Waals surface area contributed by atoms with Crippen LogP contribution in [0.15, 0.2) is 0 Å². The lowest BCUT2D eigenvalue weighted by Gasteiger charge is -2.20. The van der Waals surface area contributed by atoms with E-state index in [1.165, 1.54) is 0 Å². The third kappa shape index (κ3) is 1.33. The molecule has 2 fully saturated rings. The fraction of sp³-hybridized carbons (Fsp3) is 0.889. The van der Waals surface area contributed by atoms with Crippen LogP contribution in [0, 0.1) is 5.92 Å². The quantitative estimate of drug-likeness (QED) is 0.713. The van der Waals surface area contributed by atoms with Crippen molar-refractivity contribution < 1.29 is 14.3 Å². The highest BCUT2D eigenvalue weighted by atomic mass is 19.1. The maximum absolute atomic E-state index is 12.2. The van der Waals surface area contributed by atoms with Crippen LogP contribution in [0.3, 0.4) is 0 Å². The zero-order valence-electron chi connectivity index (χ0n) is 7.45. The summed E-state index contributed by atoms with van der Waals surface area (Å²) in [5.74, 6) is -0.957. The molecule has 2 rings (SSSR count). The van der Waals surface area contributed by atoms with Gasteiger partial charge in [-0.05, 0) is 19.3 Å². The van der Waals surface area contributed by atoms with E-state index in [0.29, 0.717) is 12.6 Å². The first-order chi connectivity index (χ1) is 6.24. The van der Waals surface area contributed by atoms with E-state index in [2.05, 4.69) is 0 Å². The summed E-state index contributed by atoms with van der Waals surface area (Å²) in [4.78, 5) is 12.9. The van der Waals surface area contributed by atoms with Gasteiger partial charge >= 0.3 is 5.97 Å². The van der Waals surface area contributed by atoms with E-state index in [-0.39, 0.29) is 18.6 Å². The molecule has 2 bridgehead atoms. The first-order valence-corrected chi connectivity index (χ1v) is 4.78. The van der Waals surface area contributed by atoms with Crippen molar-refractivity contribution in [2.24, 2.45) is 5.92 Å². The Balaban J connectivity index is 2.06. The van der Waals surface area contributed by atoms with Gasteiger partial charge in [0.05, 0.1) is 5.92 Å². The number of nitrogens with zero attached hydrogens (tertiary/aromatic N) is 1. The SMILES string of the molecule is O=C(O)C1CC2CCC1N2CCF. The van der Waals surface area contributed by atoms with E-state index in [1.54, 1.807) is 0 Å². The Hall–Kier alpha value is -0.640. The molecule has 1 N–H and O–H groups in total. The van der Waals surface area contributed by atoms with E-state index in [0.717, 1.165) is 19.3 Å². The minimum atomic E-state index is -0.712. The molecule has 0 aromatic rings. The van der Waals surface area contributed by atoms with Gasteiger partial charge < -0.3 is 5.11 Å². The fourth-order valence-electron chi connectivity index (χ4n) is 2.81. The van der Waals surface area contributed by atoms with Crippen molar-refractivity contribution in [3.63, 3.8) is 0 Å². The highest BCUT2D eigenvalue weighted by Crippen LogP contribution is 2.41. The maximum atomic E-state index is 12.2. The molecule has 0 aromatic carbocycles. The van der Waals surface area contributed by atoms with Crippen molar-refractivity contribution in [1.29, 1.82) is 0 Å². The summed E-state index contributed by atoms with van der Waals surface area (Å²) in [6.45, 7) is 0.0540. The molecule has 74 valence electrons. The molecule has 0 spiro atoms. The highest BCUT2D eigenvalue weighted by molar-refractivity contribution is 5.71. The standard InChI is InChI=1S/C9H14FNO2/c10-3-4-11-6-1-2-8(11)7(5-6)9(12)13/h6-8H,1-5H2,(H,12,13). The van der Waals surface area contributed by atoms with E-state index in [9.17, 15) is 9.18 Å². The Bertz CT molecular complexity index is 222. The lowest BCUT2D eigenvalue weighted by atomic mass is 9.89. The predicted octanol–water partition coefficient (Wildman–Crippen LogP) is 0.893. The molecule has 2 aliphatic rings. The first-order valence-electron chi connectivity index (χ1n) is 4.78. The molecule has 0 radical (unpaired) electrons. The molecule has 2 heterocycles. The normalized spacial score (nSPS) is 38.4. The van der Waals surface area contributed by atoms with Gasteiger partial charge in [0, 0.05) is 18.6 Å². The topological polar surface area (TPSA) is 40.5 Å². The molecular weight excluding hydrogens is 173 g/mol. The van der Waals surface area contributed by atoms with Gasteiger partial charge in [-0.25, -0.2) is 4.39 Å². The van der Waals surface area contributed by atoms with Gasteiger partial charge in [-0.2, -0.15) is 0 Å². The summed E-state index contributed by atoms with van der Waals surface area (Å²) in [6, 6.07) is 0.445. The Labute approximate surface area is 76.5 Å². The number of rotatable bonds is 3. The van der Waals surface area contributed by atoms with Crippen LogP contribution in [0.25, 0.3) is 0 Å². The lowest BCUT2D eigenvalue weighted by molar-refractivity contribution is -0.142. The van der Waals surface area contributed by atoms with E-state index >= 15 is 0 Å². The molecule has 3 unspecified atom stereocenters. The smallest absolute Gasteiger partial charge is 0.308 e. The number of hydrogen-bond donors (Lipinski definition) is 1. The molecular formula is C9H14FNO2. The molecule has 3 nitrogen and oxygen atoms in total. The van der Waals surface area contributed by atoms with Crippen molar-refractivity contribution in [2.75, 3.05) is 13.2 Å². The summed E-state index contributed by atoms with van der Waals surface area (Å²) < 4.78 is 12.2. The molecule has 0 aromatic heterocycles. The highest BCUT2D eigenvalue weighted by Gasteiger charge is 2.48. The largest absolute Gasteiger partial charge is 0.481 e. The maximum Gasteiger partial charge on any atom is 0.308 e. The van der Waals surface area contributed by atoms with Crippen LogP contribution in [-0.2, 0) is 4.79 Å². The minimum absolute atomic E-state index is 0.109. The van der Waals surface area contributed by atoms with Gasteiger partial charge in [0.25, 0.3) is 0 Å². The van der Waals surface area contributed by atoms with Crippen molar-refractivity contribution >= 4 is 5.97 Å². The summed E-state index contributed by atoms with van der Waals surface area (Å²) in [7, 11) is 0. The number of alkyl halides is 1. The molecule has 3 atom stereocenters. The molecule has 2 aliphatic heterocycles. The van der Waals surface area contributed by atoms with E-state index in [4.69, 9.17) is 5.11 Å². The predicted molar refractivity (Wildman–Crippen MR) is 45.2 cm³/mol. The average molecular weight is 187 g/mol. The van der Waals surface area contributed by atoms with Crippen LogP contribution >= 0.6 is 0 Å². The number of carboxylic acids is 1. The number of aliphatic carboxylic acids is 1. The van der Waals surface area contributed by atoms with Gasteiger partial charge in [-0.1, -0.05) is 0 Å². The minimum Gasteiger partial charge on any atom is -0.481 e. The van der Waals surface area contributed by atoms with Crippen molar-refractivity contribution in [2.45, 2.75) is 31.3 Å². The number of carbonyl (C=O) groups is 1. The van der Waals surface area contributed by atoms with Crippen molar-refractivity contribution in [3.8, 4) is 0 Å². The Morgan fingerprint density at radius 1 is 1.54 bits per heavy atom. The second-order valence-electron chi connectivity index (χ2n) is 3.91. The molecule has 2 saturated heterocycles. The fourth-order valence-corrected chi connectivity index (χ4v) is 2.81. The van der Waals surface area contributed by atoms with Crippen molar-refractivity contribution in [1.82, 2.24) is 4.90 Å². The molecule has 13 heavy (non-hydrogen) atoms. The molecule has 0 saturated carbocycles. The number of carboxylic acid groups (broad SMARTS) is 1. The monoisotopic (exact) mass is 187 g/mol. The van der Waals surface area contributed by atoms with Crippen LogP contribution in [-0.4, -0.2) is 41.3 Å². The van der Waals surface area contributed by atoms with Gasteiger partial charge in [0.15, 0.2) is 0 Å². The van der Waals surface area contributed by atoms with Crippen LogP contribution in [0.5, 0.6) is 0 Å². The third-order valence-corrected chi connectivity index (χ3v) is 3.34. The van der Waals surface area contributed by atoms with Crippen molar-refractivity contribution in [3.05, 3.63) is 0 Å². The Morgan fingerprint density at radius 2 is 2.31 bits per heavy atom.